The number of nitrogens with one attached hydrogen (secondary N) is 1. The predicted molar refractivity (Wildman–Crippen MR) is 68.4 cm³/mol. The maximum absolute atomic E-state index is 11.0. The van der Waals surface area contributed by atoms with Gasteiger partial charge in [-0.1, -0.05) is 19.3 Å². The van der Waals surface area contributed by atoms with E-state index in [0.717, 1.165) is 25.7 Å². The highest BCUT2D eigenvalue weighted by Gasteiger charge is 2.30. The van der Waals surface area contributed by atoms with Crippen LogP contribution < -0.4 is 5.32 Å². The van der Waals surface area contributed by atoms with Crippen LogP contribution in [-0.2, 0) is 14.3 Å². The number of carbonyl (C=O) groups is 1. The second-order valence-electron chi connectivity index (χ2n) is 4.78. The highest BCUT2D eigenvalue weighted by molar-refractivity contribution is 5.70. The van der Waals surface area contributed by atoms with Gasteiger partial charge in [-0.25, -0.2) is 4.79 Å². The Hall–Kier alpha value is -0.650. The predicted octanol–water partition coefficient (Wildman–Crippen LogP) is 0.851. The number of carbonyl (C=O) groups excluding carboxylic acids is 1. The second kappa shape index (κ2) is 8.45. The Bertz CT molecular complexity index is 239. The number of aliphatic hydroxyl groups excluding tert-OH is 1. The Kier molecular flexibility index (Phi) is 7.23. The van der Waals surface area contributed by atoms with E-state index < -0.39 is 0 Å². The van der Waals surface area contributed by atoms with Crippen LogP contribution in [0.1, 0.15) is 39.0 Å². The standard InChI is InChI=1S/C13H25NO4/c1-2-18-12(16)10-17-9-8-14-13(11-15)6-4-3-5-7-13/h14-15H,2-11H2,1H3. The van der Waals surface area contributed by atoms with Gasteiger partial charge in [-0.05, 0) is 19.8 Å². The molecule has 18 heavy (non-hydrogen) atoms. The van der Waals surface area contributed by atoms with E-state index >= 15 is 0 Å². The van der Waals surface area contributed by atoms with Crippen molar-refractivity contribution in [2.24, 2.45) is 0 Å². The van der Waals surface area contributed by atoms with Gasteiger partial charge < -0.3 is 19.9 Å². The fraction of sp³-hybridized carbons (Fsp3) is 0.923. The second-order valence-corrected chi connectivity index (χ2v) is 4.78. The highest BCUT2D eigenvalue weighted by Crippen LogP contribution is 2.27. The molecule has 0 atom stereocenters. The fourth-order valence-electron chi connectivity index (χ4n) is 2.37. The molecule has 1 aliphatic rings. The summed E-state index contributed by atoms with van der Waals surface area (Å²) < 4.78 is 9.96. The Morgan fingerprint density at radius 2 is 2.06 bits per heavy atom. The van der Waals surface area contributed by atoms with Gasteiger partial charge >= 0.3 is 5.97 Å². The summed E-state index contributed by atoms with van der Waals surface area (Å²) in [7, 11) is 0. The van der Waals surface area contributed by atoms with E-state index in [4.69, 9.17) is 9.47 Å². The zero-order valence-electron chi connectivity index (χ0n) is 11.2. The van der Waals surface area contributed by atoms with Crippen molar-refractivity contribution in [2.45, 2.75) is 44.6 Å². The first-order chi connectivity index (χ1) is 8.72. The molecular weight excluding hydrogens is 234 g/mol. The quantitative estimate of drug-likeness (QED) is 0.499. The molecule has 1 fully saturated rings. The molecule has 0 spiro atoms. The van der Waals surface area contributed by atoms with Crippen LogP contribution in [0.25, 0.3) is 0 Å². The molecule has 5 heteroatoms. The monoisotopic (exact) mass is 259 g/mol. The van der Waals surface area contributed by atoms with Gasteiger partial charge in [-0.2, -0.15) is 0 Å². The number of hydrogen-bond acceptors (Lipinski definition) is 5. The number of esters is 1. The first kappa shape index (κ1) is 15.4. The van der Waals surface area contributed by atoms with Crippen LogP contribution in [0.15, 0.2) is 0 Å². The average molecular weight is 259 g/mol. The Morgan fingerprint density at radius 1 is 1.33 bits per heavy atom. The van der Waals surface area contributed by atoms with E-state index in [1.165, 1.54) is 6.42 Å². The molecule has 0 radical (unpaired) electrons. The van der Waals surface area contributed by atoms with E-state index in [1.807, 2.05) is 0 Å². The van der Waals surface area contributed by atoms with Crippen LogP contribution in [0.5, 0.6) is 0 Å². The van der Waals surface area contributed by atoms with Gasteiger partial charge in [-0.15, -0.1) is 0 Å². The molecule has 1 rings (SSSR count). The van der Waals surface area contributed by atoms with Gasteiger partial charge in [-0.3, -0.25) is 0 Å². The summed E-state index contributed by atoms with van der Waals surface area (Å²) in [6.07, 6.45) is 5.61. The minimum absolute atomic E-state index is 0.00163. The van der Waals surface area contributed by atoms with Gasteiger partial charge in [0.05, 0.1) is 19.8 Å². The van der Waals surface area contributed by atoms with Gasteiger partial charge in [0.2, 0.25) is 0 Å². The highest BCUT2D eigenvalue weighted by atomic mass is 16.6. The van der Waals surface area contributed by atoms with Gasteiger partial charge in [0, 0.05) is 12.1 Å². The van der Waals surface area contributed by atoms with E-state index in [9.17, 15) is 9.90 Å². The molecule has 0 heterocycles. The molecule has 1 saturated carbocycles. The smallest absolute Gasteiger partial charge is 0.332 e. The first-order valence-corrected chi connectivity index (χ1v) is 6.82. The Morgan fingerprint density at radius 3 is 2.67 bits per heavy atom. The largest absolute Gasteiger partial charge is 0.464 e. The third-order valence-corrected chi connectivity index (χ3v) is 3.38. The van der Waals surface area contributed by atoms with Crippen molar-refractivity contribution in [3.63, 3.8) is 0 Å². The van der Waals surface area contributed by atoms with Crippen LogP contribution in [-0.4, -0.2) is 49.6 Å². The molecule has 0 aromatic rings. The lowest BCUT2D eigenvalue weighted by molar-refractivity contribution is -0.148. The van der Waals surface area contributed by atoms with Gasteiger partial charge in [0.1, 0.15) is 6.61 Å². The molecule has 0 aliphatic heterocycles. The van der Waals surface area contributed by atoms with E-state index in [1.54, 1.807) is 6.92 Å². The summed E-state index contributed by atoms with van der Waals surface area (Å²) in [6, 6.07) is 0. The molecule has 1 aliphatic carbocycles. The maximum Gasteiger partial charge on any atom is 0.332 e. The maximum atomic E-state index is 11.0. The topological polar surface area (TPSA) is 67.8 Å². The van der Waals surface area contributed by atoms with Crippen LogP contribution in [0.3, 0.4) is 0 Å². The van der Waals surface area contributed by atoms with Crippen molar-refractivity contribution in [3.05, 3.63) is 0 Å². The number of hydrogen-bond donors (Lipinski definition) is 2. The molecule has 0 bridgehead atoms. The zero-order chi connectivity index (χ0) is 13.3. The van der Waals surface area contributed by atoms with Crippen LogP contribution >= 0.6 is 0 Å². The SMILES string of the molecule is CCOC(=O)COCCNC1(CO)CCCCC1. The Balaban J connectivity index is 2.10. The van der Waals surface area contributed by atoms with E-state index in [0.29, 0.717) is 19.8 Å². The minimum Gasteiger partial charge on any atom is -0.464 e. The normalized spacial score (nSPS) is 18.6. The molecule has 0 aromatic carbocycles. The summed E-state index contributed by atoms with van der Waals surface area (Å²) in [4.78, 5) is 11.0. The molecule has 0 unspecified atom stereocenters. The summed E-state index contributed by atoms with van der Waals surface area (Å²) >= 11 is 0. The molecule has 106 valence electrons. The summed E-state index contributed by atoms with van der Waals surface area (Å²) in [5.41, 5.74) is -0.133. The van der Waals surface area contributed by atoms with Gasteiger partial charge in [0.25, 0.3) is 0 Å². The van der Waals surface area contributed by atoms with Crippen molar-refractivity contribution in [1.29, 1.82) is 0 Å². The Labute approximate surface area is 109 Å². The number of rotatable bonds is 8. The van der Waals surface area contributed by atoms with Crippen LogP contribution in [0.2, 0.25) is 0 Å². The number of aliphatic hydroxyl groups is 1. The first-order valence-electron chi connectivity index (χ1n) is 6.82. The minimum atomic E-state index is -0.327. The van der Waals surface area contributed by atoms with Gasteiger partial charge in [0.15, 0.2) is 0 Å². The van der Waals surface area contributed by atoms with Crippen molar-refractivity contribution in [2.75, 3.05) is 33.0 Å². The van der Waals surface area contributed by atoms with Crippen molar-refractivity contribution in [1.82, 2.24) is 5.32 Å². The van der Waals surface area contributed by atoms with Crippen molar-refractivity contribution in [3.8, 4) is 0 Å². The molecular formula is C13H25NO4. The molecule has 5 nitrogen and oxygen atoms in total. The third kappa shape index (κ3) is 5.33. The van der Waals surface area contributed by atoms with Crippen molar-refractivity contribution >= 4 is 5.97 Å². The lowest BCUT2D eigenvalue weighted by atomic mass is 9.82. The fourth-order valence-corrected chi connectivity index (χ4v) is 2.37. The van der Waals surface area contributed by atoms with E-state index in [2.05, 4.69) is 5.32 Å². The molecule has 0 aromatic heterocycles. The summed E-state index contributed by atoms with van der Waals surface area (Å²) in [5, 5.41) is 12.8. The molecule has 0 saturated heterocycles. The van der Waals surface area contributed by atoms with Crippen molar-refractivity contribution < 1.29 is 19.4 Å². The molecule has 0 amide bonds. The third-order valence-electron chi connectivity index (χ3n) is 3.38. The molecule has 2 N–H and O–H groups in total. The zero-order valence-corrected chi connectivity index (χ0v) is 11.2. The van der Waals surface area contributed by atoms with Crippen LogP contribution in [0, 0.1) is 0 Å². The lowest BCUT2D eigenvalue weighted by Crippen LogP contribution is -2.51. The average Bonchev–Trinajstić information content (AvgIpc) is 2.40. The van der Waals surface area contributed by atoms with E-state index in [-0.39, 0.29) is 24.7 Å². The number of ether oxygens (including phenoxy) is 2. The lowest BCUT2D eigenvalue weighted by Gasteiger charge is -2.36. The summed E-state index contributed by atoms with van der Waals surface area (Å²) in [6.45, 7) is 3.44. The summed E-state index contributed by atoms with van der Waals surface area (Å²) in [5.74, 6) is -0.327. The van der Waals surface area contributed by atoms with Crippen LogP contribution in [0.4, 0.5) is 0 Å².